The Kier molecular flexibility index (Phi) is 3.89. The Bertz CT molecular complexity index is 246. The molecule has 13 heavy (non-hydrogen) atoms. The number of nitrogens with two attached hydrogens (primary N) is 1. The van der Waals surface area contributed by atoms with Crippen molar-refractivity contribution in [1.29, 1.82) is 0 Å². The molecule has 1 aromatic carbocycles. The third-order valence-corrected chi connectivity index (χ3v) is 2.07. The number of aliphatic hydroxyl groups is 1. The lowest BCUT2D eigenvalue weighted by molar-refractivity contribution is 0.101. The van der Waals surface area contributed by atoms with Gasteiger partial charge >= 0.3 is 0 Å². The lowest BCUT2D eigenvalue weighted by Gasteiger charge is -2.12. The van der Waals surface area contributed by atoms with Gasteiger partial charge in [-0.2, -0.15) is 0 Å². The monoisotopic (exact) mass is 181 g/mol. The van der Waals surface area contributed by atoms with E-state index in [9.17, 15) is 0 Å². The molecule has 3 nitrogen and oxygen atoms in total. The van der Waals surface area contributed by atoms with Crippen molar-refractivity contribution in [3.8, 4) is 0 Å². The van der Waals surface area contributed by atoms with Gasteiger partial charge in [-0.25, -0.2) is 5.90 Å². The summed E-state index contributed by atoms with van der Waals surface area (Å²) in [4.78, 5) is 4.52. The zero-order valence-corrected chi connectivity index (χ0v) is 7.73. The summed E-state index contributed by atoms with van der Waals surface area (Å²) >= 11 is 0. The van der Waals surface area contributed by atoms with Crippen LogP contribution in [0.5, 0.6) is 0 Å². The first kappa shape index (κ1) is 10.2. The van der Waals surface area contributed by atoms with Gasteiger partial charge < -0.3 is 9.94 Å². The Morgan fingerprint density at radius 2 is 2.00 bits per heavy atom. The Hall–Kier alpha value is -0.900. The Labute approximate surface area is 78.1 Å². The van der Waals surface area contributed by atoms with Crippen LogP contribution in [-0.4, -0.2) is 18.3 Å². The molecule has 1 rings (SSSR count). The van der Waals surface area contributed by atoms with Crippen molar-refractivity contribution in [2.24, 2.45) is 5.90 Å². The minimum atomic E-state index is -0.0226. The second kappa shape index (κ2) is 4.97. The quantitative estimate of drug-likeness (QED) is 0.680. The van der Waals surface area contributed by atoms with Crippen molar-refractivity contribution >= 4 is 0 Å². The fourth-order valence-corrected chi connectivity index (χ4v) is 1.21. The number of aryl methyl sites for hydroxylation is 1. The van der Waals surface area contributed by atoms with E-state index < -0.39 is 0 Å². The van der Waals surface area contributed by atoms with E-state index in [4.69, 9.17) is 11.0 Å². The third-order valence-electron chi connectivity index (χ3n) is 2.07. The zero-order chi connectivity index (χ0) is 9.68. The van der Waals surface area contributed by atoms with Gasteiger partial charge in [0.15, 0.2) is 0 Å². The van der Waals surface area contributed by atoms with Gasteiger partial charge in [0.2, 0.25) is 0 Å². The molecule has 0 fully saturated rings. The summed E-state index contributed by atoms with van der Waals surface area (Å²) in [5.41, 5.74) is 2.26. The molecule has 0 heterocycles. The molecule has 0 aromatic heterocycles. The van der Waals surface area contributed by atoms with Crippen LogP contribution in [0.2, 0.25) is 0 Å². The molecule has 1 aromatic rings. The molecule has 0 aliphatic carbocycles. The van der Waals surface area contributed by atoms with Crippen molar-refractivity contribution in [3.63, 3.8) is 0 Å². The third kappa shape index (κ3) is 2.81. The fourth-order valence-electron chi connectivity index (χ4n) is 1.21. The normalized spacial score (nSPS) is 12.8. The molecule has 3 N–H and O–H groups in total. The van der Waals surface area contributed by atoms with Crippen LogP contribution in [0.25, 0.3) is 0 Å². The summed E-state index contributed by atoms with van der Waals surface area (Å²) in [6.07, 6.45) is 0. The molecule has 0 bridgehead atoms. The summed E-state index contributed by atoms with van der Waals surface area (Å²) in [7, 11) is 0. The maximum absolute atomic E-state index is 9.04. The summed E-state index contributed by atoms with van der Waals surface area (Å²) in [5.74, 6) is 4.94. The van der Waals surface area contributed by atoms with Crippen LogP contribution >= 0.6 is 0 Å². The second-order valence-corrected chi connectivity index (χ2v) is 3.12. The highest BCUT2D eigenvalue weighted by molar-refractivity contribution is 5.24. The van der Waals surface area contributed by atoms with Crippen molar-refractivity contribution in [3.05, 3.63) is 35.4 Å². The number of hydrogen-bond donors (Lipinski definition) is 2. The van der Waals surface area contributed by atoms with E-state index in [1.807, 2.05) is 31.2 Å². The maximum atomic E-state index is 9.04. The van der Waals surface area contributed by atoms with Gasteiger partial charge in [-0.1, -0.05) is 29.8 Å². The molecule has 1 atom stereocenters. The van der Waals surface area contributed by atoms with E-state index in [-0.39, 0.29) is 12.5 Å². The topological polar surface area (TPSA) is 55.5 Å². The lowest BCUT2D eigenvalue weighted by atomic mass is 10.00. The highest BCUT2D eigenvalue weighted by Gasteiger charge is 2.09. The van der Waals surface area contributed by atoms with Crippen LogP contribution < -0.4 is 5.90 Å². The van der Waals surface area contributed by atoms with Crippen molar-refractivity contribution < 1.29 is 9.94 Å². The Morgan fingerprint density at radius 1 is 1.38 bits per heavy atom. The van der Waals surface area contributed by atoms with Crippen LogP contribution in [0.1, 0.15) is 17.0 Å². The van der Waals surface area contributed by atoms with E-state index in [1.54, 1.807) is 0 Å². The fraction of sp³-hybridized carbons (Fsp3) is 0.400. The molecule has 3 heteroatoms. The lowest BCUT2D eigenvalue weighted by Crippen LogP contribution is -2.14. The number of hydrogen-bond acceptors (Lipinski definition) is 3. The van der Waals surface area contributed by atoms with Crippen LogP contribution in [0, 0.1) is 6.92 Å². The number of aliphatic hydroxyl groups excluding tert-OH is 1. The van der Waals surface area contributed by atoms with Crippen molar-refractivity contribution in [2.75, 3.05) is 13.2 Å². The summed E-state index contributed by atoms with van der Waals surface area (Å²) in [6, 6.07) is 7.98. The molecule has 0 aliphatic heterocycles. The summed E-state index contributed by atoms with van der Waals surface area (Å²) in [5, 5.41) is 9.04. The molecule has 0 saturated heterocycles. The molecule has 0 saturated carbocycles. The van der Waals surface area contributed by atoms with E-state index in [0.29, 0.717) is 6.61 Å². The molecular formula is C10H15NO2. The first-order valence-electron chi connectivity index (χ1n) is 4.27. The standard InChI is InChI=1S/C10H15NO2/c1-8-2-4-9(5-3-8)10(6-12)7-13-11/h2-5,10,12H,6-7,11H2,1H3. The summed E-state index contributed by atoms with van der Waals surface area (Å²) in [6.45, 7) is 2.43. The highest BCUT2D eigenvalue weighted by Crippen LogP contribution is 2.15. The molecule has 0 aliphatic rings. The largest absolute Gasteiger partial charge is 0.396 e. The Balaban J connectivity index is 2.73. The second-order valence-electron chi connectivity index (χ2n) is 3.12. The van der Waals surface area contributed by atoms with Crippen LogP contribution in [0.3, 0.4) is 0 Å². The van der Waals surface area contributed by atoms with Gasteiger partial charge in [0, 0.05) is 5.92 Å². The van der Waals surface area contributed by atoms with Gasteiger partial charge in [-0.15, -0.1) is 0 Å². The van der Waals surface area contributed by atoms with E-state index in [0.717, 1.165) is 5.56 Å². The van der Waals surface area contributed by atoms with Gasteiger partial charge in [-0.05, 0) is 12.5 Å². The van der Waals surface area contributed by atoms with Gasteiger partial charge in [-0.3, -0.25) is 0 Å². The van der Waals surface area contributed by atoms with Crippen molar-refractivity contribution in [2.45, 2.75) is 12.8 Å². The minimum Gasteiger partial charge on any atom is -0.396 e. The average Bonchev–Trinajstić information content (AvgIpc) is 2.16. The van der Waals surface area contributed by atoms with Crippen LogP contribution in [0.4, 0.5) is 0 Å². The molecule has 0 radical (unpaired) electrons. The molecular weight excluding hydrogens is 166 g/mol. The maximum Gasteiger partial charge on any atom is 0.0769 e. The molecule has 0 spiro atoms. The highest BCUT2D eigenvalue weighted by atomic mass is 16.6. The van der Waals surface area contributed by atoms with Gasteiger partial charge in [0.25, 0.3) is 0 Å². The van der Waals surface area contributed by atoms with Gasteiger partial charge in [0.05, 0.1) is 13.2 Å². The predicted molar refractivity (Wildman–Crippen MR) is 51.1 cm³/mol. The van der Waals surface area contributed by atoms with Gasteiger partial charge in [0.1, 0.15) is 0 Å². The number of benzene rings is 1. The predicted octanol–water partition coefficient (Wildman–Crippen LogP) is 0.961. The summed E-state index contributed by atoms with van der Waals surface area (Å²) < 4.78 is 0. The molecule has 72 valence electrons. The molecule has 1 unspecified atom stereocenters. The number of rotatable bonds is 4. The smallest absolute Gasteiger partial charge is 0.0769 e. The average molecular weight is 181 g/mol. The first-order valence-corrected chi connectivity index (χ1v) is 4.27. The zero-order valence-electron chi connectivity index (χ0n) is 7.73. The van der Waals surface area contributed by atoms with Crippen molar-refractivity contribution in [1.82, 2.24) is 0 Å². The van der Waals surface area contributed by atoms with E-state index in [1.165, 1.54) is 5.56 Å². The van der Waals surface area contributed by atoms with E-state index >= 15 is 0 Å². The van der Waals surface area contributed by atoms with E-state index in [2.05, 4.69) is 4.84 Å². The minimum absolute atomic E-state index is 0.0226. The molecule has 0 amide bonds. The first-order chi connectivity index (χ1) is 6.27. The SMILES string of the molecule is Cc1ccc(C(CO)CON)cc1. The van der Waals surface area contributed by atoms with Crippen LogP contribution in [-0.2, 0) is 4.84 Å². The van der Waals surface area contributed by atoms with Crippen LogP contribution in [0.15, 0.2) is 24.3 Å². The Morgan fingerprint density at radius 3 is 2.46 bits per heavy atom.